The molecule has 0 aliphatic carbocycles. The predicted octanol–water partition coefficient (Wildman–Crippen LogP) is 6.99. The normalized spacial score (nSPS) is 13.9. The predicted molar refractivity (Wildman–Crippen MR) is 115 cm³/mol. The number of carboxylic acids is 1. The van der Waals surface area contributed by atoms with E-state index in [-0.39, 0.29) is 11.8 Å². The molecule has 0 saturated carbocycles. The number of ether oxygens (including phenoxy) is 1. The number of rotatable bonds is 13. The molecule has 0 bridgehead atoms. The molecule has 27 heavy (non-hydrogen) atoms. The SMILES string of the molecule is CC.CCCCC(C)Cc1ccc(OC[C@H](CC)C[C@H](CC)C(=O)O)cc1. The van der Waals surface area contributed by atoms with Crippen LogP contribution in [-0.4, -0.2) is 17.7 Å². The summed E-state index contributed by atoms with van der Waals surface area (Å²) >= 11 is 0. The molecule has 3 nitrogen and oxygen atoms in total. The van der Waals surface area contributed by atoms with Crippen molar-refractivity contribution in [2.24, 2.45) is 17.8 Å². The molecule has 1 rings (SSSR count). The molecule has 0 aromatic heterocycles. The molecule has 0 heterocycles. The van der Waals surface area contributed by atoms with Crippen molar-refractivity contribution in [3.05, 3.63) is 29.8 Å². The lowest BCUT2D eigenvalue weighted by molar-refractivity contribution is -0.142. The van der Waals surface area contributed by atoms with Gasteiger partial charge in [0.15, 0.2) is 0 Å². The van der Waals surface area contributed by atoms with Gasteiger partial charge in [0.2, 0.25) is 0 Å². The summed E-state index contributed by atoms with van der Waals surface area (Å²) in [5.74, 6) is 0.933. The van der Waals surface area contributed by atoms with Gasteiger partial charge in [0, 0.05) is 0 Å². The van der Waals surface area contributed by atoms with E-state index in [0.29, 0.717) is 19.4 Å². The first-order chi connectivity index (χ1) is 13.0. The van der Waals surface area contributed by atoms with Crippen LogP contribution in [0.25, 0.3) is 0 Å². The van der Waals surface area contributed by atoms with E-state index in [1.165, 1.54) is 24.8 Å². The topological polar surface area (TPSA) is 46.5 Å². The summed E-state index contributed by atoms with van der Waals surface area (Å²) < 4.78 is 5.92. The summed E-state index contributed by atoms with van der Waals surface area (Å²) in [7, 11) is 0. The average molecular weight is 379 g/mol. The van der Waals surface area contributed by atoms with Gasteiger partial charge in [-0.3, -0.25) is 4.79 Å². The molecule has 1 aromatic rings. The third kappa shape index (κ3) is 11.0. The summed E-state index contributed by atoms with van der Waals surface area (Å²) in [6.45, 7) is 13.2. The zero-order valence-electron chi connectivity index (χ0n) is 18.5. The van der Waals surface area contributed by atoms with Crippen LogP contribution < -0.4 is 4.74 Å². The van der Waals surface area contributed by atoms with Crippen molar-refractivity contribution >= 4 is 5.97 Å². The molecule has 0 radical (unpaired) electrons. The molecule has 3 atom stereocenters. The van der Waals surface area contributed by atoms with Crippen molar-refractivity contribution in [3.8, 4) is 5.75 Å². The second-order valence-corrected chi connectivity index (χ2v) is 7.36. The molecule has 1 N–H and O–H groups in total. The summed E-state index contributed by atoms with van der Waals surface area (Å²) in [5.41, 5.74) is 1.36. The van der Waals surface area contributed by atoms with Gasteiger partial charge in [-0.1, -0.05) is 79.4 Å². The molecular weight excluding hydrogens is 336 g/mol. The van der Waals surface area contributed by atoms with Crippen LogP contribution >= 0.6 is 0 Å². The van der Waals surface area contributed by atoms with E-state index < -0.39 is 5.97 Å². The lowest BCUT2D eigenvalue weighted by Gasteiger charge is -2.19. The van der Waals surface area contributed by atoms with Crippen LogP contribution in [0.4, 0.5) is 0 Å². The largest absolute Gasteiger partial charge is 0.493 e. The monoisotopic (exact) mass is 378 g/mol. The zero-order valence-corrected chi connectivity index (χ0v) is 18.5. The van der Waals surface area contributed by atoms with Gasteiger partial charge in [-0.25, -0.2) is 0 Å². The zero-order chi connectivity index (χ0) is 20.7. The Kier molecular flexibility index (Phi) is 14.7. The van der Waals surface area contributed by atoms with Crippen molar-refractivity contribution in [2.45, 2.75) is 86.5 Å². The average Bonchev–Trinajstić information content (AvgIpc) is 2.69. The molecule has 1 unspecified atom stereocenters. The van der Waals surface area contributed by atoms with Crippen molar-refractivity contribution in [2.75, 3.05) is 6.61 Å². The number of carboxylic acid groups (broad SMARTS) is 1. The lowest BCUT2D eigenvalue weighted by atomic mass is 9.91. The van der Waals surface area contributed by atoms with Crippen LogP contribution in [0.1, 0.15) is 85.6 Å². The Balaban J connectivity index is 0.00000326. The van der Waals surface area contributed by atoms with Gasteiger partial charge in [-0.15, -0.1) is 0 Å². The minimum Gasteiger partial charge on any atom is -0.493 e. The van der Waals surface area contributed by atoms with Gasteiger partial charge in [-0.2, -0.15) is 0 Å². The third-order valence-corrected chi connectivity index (χ3v) is 5.08. The first-order valence-electron chi connectivity index (χ1n) is 10.9. The Morgan fingerprint density at radius 3 is 2.19 bits per heavy atom. The van der Waals surface area contributed by atoms with E-state index in [0.717, 1.165) is 24.5 Å². The van der Waals surface area contributed by atoms with Crippen molar-refractivity contribution in [3.63, 3.8) is 0 Å². The first kappa shape index (κ1) is 25.5. The summed E-state index contributed by atoms with van der Waals surface area (Å²) in [6, 6.07) is 8.40. The van der Waals surface area contributed by atoms with Crippen molar-refractivity contribution in [1.82, 2.24) is 0 Å². The minimum absolute atomic E-state index is 0.263. The van der Waals surface area contributed by atoms with Crippen LogP contribution in [0.3, 0.4) is 0 Å². The molecule has 156 valence electrons. The Labute approximate surface area is 167 Å². The van der Waals surface area contributed by atoms with Crippen LogP contribution in [0.2, 0.25) is 0 Å². The highest BCUT2D eigenvalue weighted by molar-refractivity contribution is 5.69. The van der Waals surface area contributed by atoms with Crippen LogP contribution in [0, 0.1) is 17.8 Å². The van der Waals surface area contributed by atoms with E-state index in [1.54, 1.807) is 0 Å². The van der Waals surface area contributed by atoms with E-state index in [2.05, 4.69) is 32.9 Å². The van der Waals surface area contributed by atoms with E-state index >= 15 is 0 Å². The Bertz CT molecular complexity index is 481. The first-order valence-corrected chi connectivity index (χ1v) is 10.9. The quantitative estimate of drug-likeness (QED) is 0.402. The van der Waals surface area contributed by atoms with Gasteiger partial charge < -0.3 is 9.84 Å². The van der Waals surface area contributed by atoms with Gasteiger partial charge in [0.05, 0.1) is 12.5 Å². The molecule has 0 aliphatic rings. The van der Waals surface area contributed by atoms with Crippen molar-refractivity contribution < 1.29 is 14.6 Å². The molecule has 1 aromatic carbocycles. The number of unbranched alkanes of at least 4 members (excludes halogenated alkanes) is 1. The third-order valence-electron chi connectivity index (χ3n) is 5.08. The fourth-order valence-corrected chi connectivity index (χ4v) is 3.19. The Hall–Kier alpha value is -1.51. The van der Waals surface area contributed by atoms with Gasteiger partial charge in [0.1, 0.15) is 5.75 Å². The fraction of sp³-hybridized carbons (Fsp3) is 0.708. The van der Waals surface area contributed by atoms with Gasteiger partial charge in [-0.05, 0) is 48.8 Å². The molecule has 0 saturated heterocycles. The minimum atomic E-state index is -0.692. The van der Waals surface area contributed by atoms with E-state index in [1.807, 2.05) is 32.9 Å². The molecule has 0 aliphatic heterocycles. The van der Waals surface area contributed by atoms with E-state index in [9.17, 15) is 9.90 Å². The molecule has 0 fully saturated rings. The molecule has 0 amide bonds. The van der Waals surface area contributed by atoms with Crippen molar-refractivity contribution in [1.29, 1.82) is 0 Å². The molecular formula is C24H42O3. The lowest BCUT2D eigenvalue weighted by Crippen LogP contribution is -2.21. The van der Waals surface area contributed by atoms with E-state index in [4.69, 9.17) is 4.74 Å². The molecule has 0 spiro atoms. The maximum atomic E-state index is 11.2. The van der Waals surface area contributed by atoms with Gasteiger partial charge >= 0.3 is 5.97 Å². The smallest absolute Gasteiger partial charge is 0.306 e. The second-order valence-electron chi connectivity index (χ2n) is 7.36. The Morgan fingerprint density at radius 1 is 1.07 bits per heavy atom. The van der Waals surface area contributed by atoms with Crippen LogP contribution in [-0.2, 0) is 11.2 Å². The maximum Gasteiger partial charge on any atom is 0.306 e. The highest BCUT2D eigenvalue weighted by Crippen LogP contribution is 2.22. The standard InChI is InChI=1S/C22H36O3.C2H6/c1-5-8-9-17(4)14-19-10-12-21(13-11-19)25-16-18(6-2)15-20(7-3)22(23)24;1-2/h10-13,17-18,20H,5-9,14-16H2,1-4H3,(H,23,24);1-2H3/t17?,18-,20+;/m1./s1. The van der Waals surface area contributed by atoms with Crippen LogP contribution in [0.5, 0.6) is 5.75 Å². The summed E-state index contributed by atoms with van der Waals surface area (Å²) in [4.78, 5) is 11.2. The van der Waals surface area contributed by atoms with Gasteiger partial charge in [0.25, 0.3) is 0 Å². The number of carbonyl (C=O) groups is 1. The second kappa shape index (κ2) is 15.5. The summed E-state index contributed by atoms with van der Waals surface area (Å²) in [6.07, 6.45) is 7.28. The Morgan fingerprint density at radius 2 is 1.70 bits per heavy atom. The maximum absolute atomic E-state index is 11.2. The number of benzene rings is 1. The van der Waals surface area contributed by atoms with Crippen LogP contribution in [0.15, 0.2) is 24.3 Å². The highest BCUT2D eigenvalue weighted by Gasteiger charge is 2.20. The number of hydrogen-bond acceptors (Lipinski definition) is 2. The number of aliphatic carboxylic acids is 1. The summed E-state index contributed by atoms with van der Waals surface area (Å²) in [5, 5.41) is 9.22. The number of hydrogen-bond donors (Lipinski definition) is 1. The highest BCUT2D eigenvalue weighted by atomic mass is 16.5. The fourth-order valence-electron chi connectivity index (χ4n) is 3.19. The molecule has 3 heteroatoms.